The zero-order chi connectivity index (χ0) is 24.3. The predicted molar refractivity (Wildman–Crippen MR) is 135 cm³/mol. The Bertz CT molecular complexity index is 1240. The van der Waals surface area contributed by atoms with Crippen molar-refractivity contribution >= 4 is 28.7 Å². The predicted octanol–water partition coefficient (Wildman–Crippen LogP) is 2.27. The number of morpholine rings is 1. The second-order valence-corrected chi connectivity index (χ2v) is 9.26. The molecule has 4 heterocycles. The van der Waals surface area contributed by atoms with Gasteiger partial charge in [-0.3, -0.25) is 9.69 Å². The molecule has 3 aliphatic rings. The van der Waals surface area contributed by atoms with Crippen LogP contribution in [0.15, 0.2) is 30.5 Å². The number of para-hydroxylation sites is 1. The second-order valence-electron chi connectivity index (χ2n) is 9.26. The Balaban J connectivity index is 1.26. The average molecular weight is 494 g/mol. The van der Waals surface area contributed by atoms with Crippen LogP contribution in [0, 0.1) is 0 Å². The molecule has 11 heteroatoms. The number of fused-ring (bicyclic) bond motifs is 2. The number of hydrogen-bond donors (Lipinski definition) is 3. The Morgan fingerprint density at radius 1 is 1.08 bits per heavy atom. The second kappa shape index (κ2) is 10.2. The van der Waals surface area contributed by atoms with Crippen LogP contribution in [-0.4, -0.2) is 84.1 Å². The third-order valence-electron chi connectivity index (χ3n) is 6.51. The number of amides is 1. The number of hydrogen-bond acceptors (Lipinski definition) is 9. The van der Waals surface area contributed by atoms with Crippen LogP contribution >= 0.6 is 0 Å². The third-order valence-corrected chi connectivity index (χ3v) is 6.51. The number of rotatable bonds is 9. The molecule has 0 spiro atoms. The lowest BCUT2D eigenvalue weighted by Crippen LogP contribution is -2.37. The van der Waals surface area contributed by atoms with E-state index in [0.717, 1.165) is 70.0 Å². The first-order valence-corrected chi connectivity index (χ1v) is 12.6. The first-order chi connectivity index (χ1) is 17.7. The molecular formula is C25H31N7O4. The Morgan fingerprint density at radius 2 is 1.94 bits per heavy atom. The van der Waals surface area contributed by atoms with Crippen LogP contribution in [0.1, 0.15) is 29.8 Å². The van der Waals surface area contributed by atoms with Gasteiger partial charge in [0.25, 0.3) is 5.91 Å². The molecule has 2 fully saturated rings. The lowest BCUT2D eigenvalue weighted by atomic mass is 10.2. The van der Waals surface area contributed by atoms with Gasteiger partial charge in [0.15, 0.2) is 28.7 Å². The fourth-order valence-electron chi connectivity index (χ4n) is 4.46. The number of benzene rings is 1. The van der Waals surface area contributed by atoms with Gasteiger partial charge in [-0.15, -0.1) is 5.10 Å². The minimum Gasteiger partial charge on any atom is -0.486 e. The van der Waals surface area contributed by atoms with Crippen molar-refractivity contribution in [2.75, 3.05) is 63.2 Å². The lowest BCUT2D eigenvalue weighted by molar-refractivity contribution is 0.0378. The molecule has 2 aliphatic heterocycles. The van der Waals surface area contributed by atoms with Gasteiger partial charge < -0.3 is 30.2 Å². The zero-order valence-corrected chi connectivity index (χ0v) is 20.2. The highest BCUT2D eigenvalue weighted by atomic mass is 16.6. The highest BCUT2D eigenvalue weighted by Gasteiger charge is 2.26. The molecule has 0 unspecified atom stereocenters. The van der Waals surface area contributed by atoms with Crippen molar-refractivity contribution in [1.82, 2.24) is 24.8 Å². The monoisotopic (exact) mass is 493 g/mol. The van der Waals surface area contributed by atoms with E-state index in [1.807, 2.05) is 24.3 Å². The molecular weight excluding hydrogens is 462 g/mol. The summed E-state index contributed by atoms with van der Waals surface area (Å²) in [5.41, 5.74) is 2.58. The molecule has 1 saturated carbocycles. The summed E-state index contributed by atoms with van der Waals surface area (Å²) in [5.74, 6) is 1.75. The molecule has 0 atom stereocenters. The van der Waals surface area contributed by atoms with Crippen LogP contribution in [0.5, 0.6) is 11.5 Å². The standard InChI is InChI=1S/C25H31N7O4/c33-25(28-17-5-6-17)20-16-27-24-19(26-7-2-8-31-9-11-34-12-10-31)15-22(30-32(20)24)29-18-3-1-4-21-23(18)36-14-13-35-21/h1,3-4,15-17,26H,2,5-14H2,(H,28,33)(H,29,30). The van der Waals surface area contributed by atoms with Crippen molar-refractivity contribution in [2.45, 2.75) is 25.3 Å². The van der Waals surface area contributed by atoms with E-state index in [4.69, 9.17) is 19.3 Å². The van der Waals surface area contributed by atoms with Gasteiger partial charge in [0.1, 0.15) is 13.2 Å². The molecule has 0 bridgehead atoms. The Hall–Kier alpha value is -3.57. The number of carbonyl (C=O) groups excluding carboxylic acids is 1. The van der Waals surface area contributed by atoms with Gasteiger partial charge in [0, 0.05) is 31.7 Å². The molecule has 3 aromatic rings. The van der Waals surface area contributed by atoms with E-state index in [1.54, 1.807) is 10.7 Å². The van der Waals surface area contributed by atoms with E-state index in [2.05, 4.69) is 25.8 Å². The highest BCUT2D eigenvalue weighted by Crippen LogP contribution is 2.38. The van der Waals surface area contributed by atoms with E-state index < -0.39 is 0 Å². The molecule has 1 saturated heterocycles. The summed E-state index contributed by atoms with van der Waals surface area (Å²) >= 11 is 0. The fraction of sp³-hybridized carbons (Fsp3) is 0.480. The van der Waals surface area contributed by atoms with Crippen molar-refractivity contribution in [1.29, 1.82) is 0 Å². The molecule has 1 aliphatic carbocycles. The number of imidazole rings is 1. The van der Waals surface area contributed by atoms with E-state index in [1.165, 1.54) is 0 Å². The molecule has 11 nitrogen and oxygen atoms in total. The molecule has 2 aromatic heterocycles. The maximum Gasteiger partial charge on any atom is 0.271 e. The number of nitrogens with one attached hydrogen (secondary N) is 3. The minimum absolute atomic E-state index is 0.165. The fourth-order valence-corrected chi connectivity index (χ4v) is 4.46. The van der Waals surface area contributed by atoms with Gasteiger partial charge in [-0.05, 0) is 37.9 Å². The summed E-state index contributed by atoms with van der Waals surface area (Å²) in [6.45, 7) is 6.32. The normalized spacial score (nSPS) is 17.7. The Kier molecular flexibility index (Phi) is 6.48. The topological polar surface area (TPSA) is 114 Å². The Morgan fingerprint density at radius 3 is 2.81 bits per heavy atom. The van der Waals surface area contributed by atoms with Crippen LogP contribution in [0.3, 0.4) is 0 Å². The quantitative estimate of drug-likeness (QED) is 0.386. The summed E-state index contributed by atoms with van der Waals surface area (Å²) in [7, 11) is 0. The number of nitrogens with zero attached hydrogens (tertiary/aromatic N) is 4. The Labute approximate surface area is 209 Å². The van der Waals surface area contributed by atoms with Gasteiger partial charge >= 0.3 is 0 Å². The SMILES string of the molecule is O=C(NC1CC1)c1cnc2c(NCCCN3CCOCC3)cc(Nc3cccc4c3OCCO4)nn12. The van der Waals surface area contributed by atoms with Crippen molar-refractivity contribution < 1.29 is 19.0 Å². The molecule has 6 rings (SSSR count). The minimum atomic E-state index is -0.165. The van der Waals surface area contributed by atoms with E-state index in [-0.39, 0.29) is 11.9 Å². The van der Waals surface area contributed by atoms with Crippen LogP contribution in [0.2, 0.25) is 0 Å². The molecule has 3 N–H and O–H groups in total. The summed E-state index contributed by atoms with van der Waals surface area (Å²) in [4.78, 5) is 19.8. The summed E-state index contributed by atoms with van der Waals surface area (Å²) in [6, 6.07) is 7.88. The molecule has 190 valence electrons. The van der Waals surface area contributed by atoms with Gasteiger partial charge in [-0.1, -0.05) is 6.07 Å². The van der Waals surface area contributed by atoms with Crippen molar-refractivity contribution in [3.05, 3.63) is 36.2 Å². The van der Waals surface area contributed by atoms with E-state index in [0.29, 0.717) is 41.9 Å². The van der Waals surface area contributed by atoms with Crippen LogP contribution in [0.25, 0.3) is 5.65 Å². The summed E-state index contributed by atoms with van der Waals surface area (Å²) < 4.78 is 18.6. The zero-order valence-electron chi connectivity index (χ0n) is 20.2. The highest BCUT2D eigenvalue weighted by molar-refractivity contribution is 5.94. The van der Waals surface area contributed by atoms with Crippen molar-refractivity contribution in [3.8, 4) is 11.5 Å². The smallest absolute Gasteiger partial charge is 0.271 e. The van der Waals surface area contributed by atoms with Crippen molar-refractivity contribution in [3.63, 3.8) is 0 Å². The number of carbonyl (C=O) groups is 1. The maximum atomic E-state index is 12.9. The molecule has 1 aromatic carbocycles. The van der Waals surface area contributed by atoms with E-state index in [9.17, 15) is 4.79 Å². The van der Waals surface area contributed by atoms with E-state index >= 15 is 0 Å². The first-order valence-electron chi connectivity index (χ1n) is 12.6. The first kappa shape index (κ1) is 22.9. The largest absolute Gasteiger partial charge is 0.486 e. The number of ether oxygens (including phenoxy) is 3. The van der Waals surface area contributed by atoms with Crippen LogP contribution in [0.4, 0.5) is 17.2 Å². The maximum absolute atomic E-state index is 12.9. The number of anilines is 3. The van der Waals surface area contributed by atoms with Gasteiger partial charge in [-0.2, -0.15) is 0 Å². The van der Waals surface area contributed by atoms with Crippen LogP contribution < -0.4 is 25.4 Å². The van der Waals surface area contributed by atoms with Gasteiger partial charge in [-0.25, -0.2) is 9.50 Å². The third kappa shape index (κ3) is 5.02. The number of aromatic nitrogens is 3. The molecule has 1 amide bonds. The van der Waals surface area contributed by atoms with Gasteiger partial charge in [0.2, 0.25) is 0 Å². The summed E-state index contributed by atoms with van der Waals surface area (Å²) in [6.07, 6.45) is 4.59. The van der Waals surface area contributed by atoms with Crippen LogP contribution in [-0.2, 0) is 4.74 Å². The average Bonchev–Trinajstić information content (AvgIpc) is 3.62. The molecule has 36 heavy (non-hydrogen) atoms. The van der Waals surface area contributed by atoms with Gasteiger partial charge in [0.05, 0.1) is 30.8 Å². The molecule has 0 radical (unpaired) electrons. The lowest BCUT2D eigenvalue weighted by Gasteiger charge is -2.26. The van der Waals surface area contributed by atoms with Crippen molar-refractivity contribution in [2.24, 2.45) is 0 Å². The summed E-state index contributed by atoms with van der Waals surface area (Å²) in [5, 5.41) is 14.6.